The maximum Gasteiger partial charge on any atom is -0.00264 e. The van der Waals surface area contributed by atoms with Crippen molar-refractivity contribution in [2.45, 2.75) is 19.8 Å². The van der Waals surface area contributed by atoms with Crippen molar-refractivity contribution in [3.05, 3.63) is 60.2 Å². The fraction of sp³-hybridized carbons (Fsp3) is 0.158. The number of hydrogen-bond donors (Lipinski definition) is 0. The topological polar surface area (TPSA) is 0 Å². The molecule has 0 aliphatic heterocycles. The Kier molecular flexibility index (Phi) is 2.11. The monoisotopic (exact) mass is 244 g/mol. The van der Waals surface area contributed by atoms with Crippen LogP contribution in [-0.4, -0.2) is 0 Å². The van der Waals surface area contributed by atoms with Gasteiger partial charge in [-0.1, -0.05) is 68.4 Å². The van der Waals surface area contributed by atoms with E-state index in [9.17, 15) is 0 Å². The summed E-state index contributed by atoms with van der Waals surface area (Å²) in [5.41, 5.74) is 6.99. The molecule has 0 saturated carbocycles. The first-order chi connectivity index (χ1) is 9.25. The third-order valence-corrected chi connectivity index (χ3v) is 4.20. The van der Waals surface area contributed by atoms with Crippen LogP contribution in [0.15, 0.2) is 54.6 Å². The zero-order valence-corrected chi connectivity index (χ0v) is 11.3. The summed E-state index contributed by atoms with van der Waals surface area (Å²) < 4.78 is 0. The van der Waals surface area contributed by atoms with Crippen LogP contribution in [0, 0.1) is 0 Å². The number of fused-ring (bicyclic) bond motifs is 3. The van der Waals surface area contributed by atoms with Gasteiger partial charge in [-0.05, 0) is 44.5 Å². The van der Waals surface area contributed by atoms with Crippen LogP contribution < -0.4 is 0 Å². The molecule has 0 amide bonds. The van der Waals surface area contributed by atoms with E-state index in [1.807, 2.05) is 0 Å². The number of rotatable bonds is 1. The van der Waals surface area contributed by atoms with Gasteiger partial charge in [0.25, 0.3) is 0 Å². The molecule has 0 heterocycles. The highest BCUT2D eigenvalue weighted by atomic mass is 14.2. The van der Waals surface area contributed by atoms with Crippen LogP contribution >= 0.6 is 0 Å². The molecular formula is C19H16. The van der Waals surface area contributed by atoms with Gasteiger partial charge in [0.05, 0.1) is 0 Å². The van der Waals surface area contributed by atoms with Gasteiger partial charge in [0.15, 0.2) is 0 Å². The molecule has 92 valence electrons. The van der Waals surface area contributed by atoms with Crippen LogP contribution in [0.5, 0.6) is 0 Å². The van der Waals surface area contributed by atoms with Crippen molar-refractivity contribution in [1.82, 2.24) is 0 Å². The lowest BCUT2D eigenvalue weighted by Gasteiger charge is -2.09. The summed E-state index contributed by atoms with van der Waals surface area (Å²) in [5.74, 6) is 0.577. The highest BCUT2D eigenvalue weighted by Gasteiger charge is 2.21. The lowest BCUT2D eigenvalue weighted by Crippen LogP contribution is -1.88. The SMILES string of the molecule is CC(C)c1ccc2c(c1)-c1cccc3cccc-2c13. The fourth-order valence-electron chi connectivity index (χ4n) is 3.17. The van der Waals surface area contributed by atoms with E-state index in [4.69, 9.17) is 0 Å². The van der Waals surface area contributed by atoms with Gasteiger partial charge in [-0.2, -0.15) is 0 Å². The van der Waals surface area contributed by atoms with Crippen molar-refractivity contribution in [2.75, 3.05) is 0 Å². The summed E-state index contributed by atoms with van der Waals surface area (Å²) in [6.07, 6.45) is 0. The Bertz CT molecular complexity index is 789. The third-order valence-electron chi connectivity index (χ3n) is 4.20. The summed E-state index contributed by atoms with van der Waals surface area (Å²) >= 11 is 0. The largest absolute Gasteiger partial charge is 0.0610 e. The molecule has 0 aromatic heterocycles. The van der Waals surface area contributed by atoms with Crippen LogP contribution in [0.3, 0.4) is 0 Å². The molecule has 0 N–H and O–H groups in total. The molecule has 0 spiro atoms. The van der Waals surface area contributed by atoms with E-state index in [1.165, 1.54) is 38.6 Å². The maximum atomic E-state index is 2.37. The molecule has 0 heteroatoms. The second-order valence-corrected chi connectivity index (χ2v) is 5.67. The quantitative estimate of drug-likeness (QED) is 0.408. The van der Waals surface area contributed by atoms with Crippen molar-refractivity contribution in [2.24, 2.45) is 0 Å². The molecule has 0 unspecified atom stereocenters. The molecule has 0 saturated heterocycles. The van der Waals surface area contributed by atoms with E-state index >= 15 is 0 Å². The molecule has 1 aliphatic rings. The molecule has 0 radical (unpaired) electrons. The Labute approximate surface area is 113 Å². The first kappa shape index (κ1) is 10.8. The Morgan fingerprint density at radius 3 is 2.05 bits per heavy atom. The highest BCUT2D eigenvalue weighted by Crippen LogP contribution is 2.47. The zero-order valence-electron chi connectivity index (χ0n) is 11.3. The molecule has 0 fully saturated rings. The minimum atomic E-state index is 0.577. The minimum Gasteiger partial charge on any atom is -0.0610 e. The van der Waals surface area contributed by atoms with Crippen LogP contribution in [-0.2, 0) is 0 Å². The number of hydrogen-bond acceptors (Lipinski definition) is 0. The molecular weight excluding hydrogens is 228 g/mol. The maximum absolute atomic E-state index is 2.37. The van der Waals surface area contributed by atoms with Gasteiger partial charge < -0.3 is 0 Å². The molecule has 0 nitrogen and oxygen atoms in total. The first-order valence-electron chi connectivity index (χ1n) is 6.92. The average Bonchev–Trinajstić information content (AvgIpc) is 2.76. The molecule has 1 aliphatic carbocycles. The van der Waals surface area contributed by atoms with E-state index in [2.05, 4.69) is 68.4 Å². The third kappa shape index (κ3) is 1.40. The van der Waals surface area contributed by atoms with E-state index in [-0.39, 0.29) is 0 Å². The van der Waals surface area contributed by atoms with Gasteiger partial charge in [-0.3, -0.25) is 0 Å². The fourth-order valence-corrected chi connectivity index (χ4v) is 3.17. The van der Waals surface area contributed by atoms with E-state index in [1.54, 1.807) is 0 Å². The van der Waals surface area contributed by atoms with Gasteiger partial charge in [0, 0.05) is 0 Å². The normalized spacial score (nSPS) is 12.2. The second kappa shape index (κ2) is 3.71. The van der Waals surface area contributed by atoms with Crippen molar-refractivity contribution >= 4 is 10.8 Å². The van der Waals surface area contributed by atoms with Crippen LogP contribution in [0.25, 0.3) is 33.0 Å². The predicted molar refractivity (Wildman–Crippen MR) is 82.5 cm³/mol. The zero-order chi connectivity index (χ0) is 13.0. The van der Waals surface area contributed by atoms with Crippen LogP contribution in [0.2, 0.25) is 0 Å². The predicted octanol–water partition coefficient (Wildman–Crippen LogP) is 5.61. The second-order valence-electron chi connectivity index (χ2n) is 5.67. The standard InChI is InChI=1S/C19H16/c1-12(2)14-9-10-15-16-7-3-5-13-6-4-8-17(19(13)16)18(15)11-14/h3-12H,1-2H3. The Hall–Kier alpha value is -2.08. The van der Waals surface area contributed by atoms with E-state index in [0.29, 0.717) is 5.92 Å². The molecule has 19 heavy (non-hydrogen) atoms. The van der Waals surface area contributed by atoms with Gasteiger partial charge >= 0.3 is 0 Å². The lowest BCUT2D eigenvalue weighted by molar-refractivity contribution is 0.867. The van der Waals surface area contributed by atoms with Crippen LogP contribution in [0.1, 0.15) is 25.3 Å². The van der Waals surface area contributed by atoms with E-state index in [0.717, 1.165) is 0 Å². The smallest absolute Gasteiger partial charge is 0.00264 e. The van der Waals surface area contributed by atoms with Crippen molar-refractivity contribution in [1.29, 1.82) is 0 Å². The van der Waals surface area contributed by atoms with Crippen LogP contribution in [0.4, 0.5) is 0 Å². The van der Waals surface area contributed by atoms with Gasteiger partial charge in [-0.15, -0.1) is 0 Å². The summed E-state index contributed by atoms with van der Waals surface area (Å²) in [5, 5.41) is 2.76. The van der Waals surface area contributed by atoms with Crippen molar-refractivity contribution < 1.29 is 0 Å². The average molecular weight is 244 g/mol. The molecule has 3 aromatic carbocycles. The number of benzene rings is 3. The van der Waals surface area contributed by atoms with Gasteiger partial charge in [0.2, 0.25) is 0 Å². The minimum absolute atomic E-state index is 0.577. The molecule has 0 bridgehead atoms. The van der Waals surface area contributed by atoms with E-state index < -0.39 is 0 Å². The molecule has 4 rings (SSSR count). The Balaban J connectivity index is 2.12. The van der Waals surface area contributed by atoms with Gasteiger partial charge in [0.1, 0.15) is 0 Å². The van der Waals surface area contributed by atoms with Crippen molar-refractivity contribution in [3.63, 3.8) is 0 Å². The summed E-state index contributed by atoms with van der Waals surface area (Å²) in [6.45, 7) is 4.51. The highest BCUT2D eigenvalue weighted by molar-refractivity contribution is 6.15. The molecule has 3 aromatic rings. The summed E-state index contributed by atoms with van der Waals surface area (Å²) in [4.78, 5) is 0. The van der Waals surface area contributed by atoms with Gasteiger partial charge in [-0.25, -0.2) is 0 Å². The Morgan fingerprint density at radius 2 is 1.37 bits per heavy atom. The summed E-state index contributed by atoms with van der Waals surface area (Å²) in [7, 11) is 0. The first-order valence-corrected chi connectivity index (χ1v) is 6.92. The summed E-state index contributed by atoms with van der Waals surface area (Å²) in [6, 6.07) is 20.2. The van der Waals surface area contributed by atoms with Crippen molar-refractivity contribution in [3.8, 4) is 22.3 Å². The Morgan fingerprint density at radius 1 is 0.684 bits per heavy atom. The lowest BCUT2D eigenvalue weighted by atomic mass is 9.96. The molecule has 0 atom stereocenters.